The number of halogens is 1. The minimum atomic E-state index is -0.0465. The monoisotopic (exact) mass is 293 g/mol. The summed E-state index contributed by atoms with van der Waals surface area (Å²) >= 11 is 7.79. The summed E-state index contributed by atoms with van der Waals surface area (Å²) in [6.07, 6.45) is 3.61. The van der Waals surface area contributed by atoms with Gasteiger partial charge in [-0.1, -0.05) is 41.6 Å². The van der Waals surface area contributed by atoms with Crippen LogP contribution in [0.2, 0.25) is 5.02 Å². The molecule has 1 heterocycles. The van der Waals surface area contributed by atoms with Gasteiger partial charge in [-0.05, 0) is 31.0 Å². The fourth-order valence-corrected chi connectivity index (χ4v) is 3.03. The van der Waals surface area contributed by atoms with Gasteiger partial charge < -0.3 is 5.73 Å². The smallest absolute Gasteiger partial charge is 0.188 e. The maximum Gasteiger partial charge on any atom is 0.188 e. The van der Waals surface area contributed by atoms with Crippen molar-refractivity contribution in [2.75, 3.05) is 0 Å². The van der Waals surface area contributed by atoms with Gasteiger partial charge in [-0.15, -0.1) is 0 Å². The minimum Gasteiger partial charge on any atom is -0.327 e. The van der Waals surface area contributed by atoms with Crippen LogP contribution in [-0.2, 0) is 0 Å². The van der Waals surface area contributed by atoms with E-state index in [1.807, 2.05) is 38.1 Å². The molecule has 2 aromatic rings. The molecule has 3 nitrogen and oxygen atoms in total. The zero-order valence-electron chi connectivity index (χ0n) is 10.9. The van der Waals surface area contributed by atoms with Gasteiger partial charge in [-0.3, -0.25) is 0 Å². The van der Waals surface area contributed by atoms with Gasteiger partial charge in [0.05, 0.1) is 5.25 Å². The molecule has 0 bridgehead atoms. The van der Waals surface area contributed by atoms with Crippen LogP contribution >= 0.6 is 23.4 Å². The second-order valence-electron chi connectivity index (χ2n) is 4.46. The zero-order chi connectivity index (χ0) is 13.8. The Balaban J connectivity index is 2.27. The number of hydrogen-bond donors (Lipinski definition) is 1. The molecule has 0 spiro atoms. The summed E-state index contributed by atoms with van der Waals surface area (Å²) in [6.45, 7) is 3.93. The van der Waals surface area contributed by atoms with E-state index in [1.54, 1.807) is 24.2 Å². The first-order valence-corrected chi connectivity index (χ1v) is 7.29. The van der Waals surface area contributed by atoms with Crippen molar-refractivity contribution >= 4 is 23.4 Å². The molecule has 5 heteroatoms. The van der Waals surface area contributed by atoms with E-state index in [4.69, 9.17) is 17.3 Å². The quantitative estimate of drug-likeness (QED) is 0.691. The molecule has 0 aliphatic carbocycles. The van der Waals surface area contributed by atoms with Gasteiger partial charge in [0.1, 0.15) is 0 Å². The molecular weight excluding hydrogens is 278 g/mol. The summed E-state index contributed by atoms with van der Waals surface area (Å²) in [7, 11) is 0. The first-order valence-electron chi connectivity index (χ1n) is 6.03. The molecule has 0 fully saturated rings. The van der Waals surface area contributed by atoms with E-state index in [0.717, 1.165) is 16.1 Å². The van der Waals surface area contributed by atoms with Gasteiger partial charge in [0.2, 0.25) is 0 Å². The van der Waals surface area contributed by atoms with Crippen molar-refractivity contribution in [3.8, 4) is 0 Å². The van der Waals surface area contributed by atoms with Crippen molar-refractivity contribution in [2.24, 2.45) is 5.73 Å². The Morgan fingerprint density at radius 3 is 2.42 bits per heavy atom. The molecule has 1 aromatic carbocycles. The predicted octanol–water partition coefficient (Wildman–Crippen LogP) is 3.62. The van der Waals surface area contributed by atoms with E-state index in [1.165, 1.54) is 0 Å². The van der Waals surface area contributed by atoms with Crippen molar-refractivity contribution < 1.29 is 0 Å². The Bertz CT molecular complexity index is 543. The first-order chi connectivity index (χ1) is 9.08. The molecule has 2 unspecified atom stereocenters. The molecule has 100 valence electrons. The number of nitrogens with two attached hydrogens (primary N) is 1. The summed E-state index contributed by atoms with van der Waals surface area (Å²) in [6, 6.07) is 7.71. The van der Waals surface area contributed by atoms with Crippen LogP contribution in [-0.4, -0.2) is 16.0 Å². The van der Waals surface area contributed by atoms with E-state index in [0.29, 0.717) is 5.16 Å². The van der Waals surface area contributed by atoms with Crippen LogP contribution in [0.1, 0.15) is 23.3 Å². The van der Waals surface area contributed by atoms with E-state index in [9.17, 15) is 0 Å². The largest absolute Gasteiger partial charge is 0.327 e. The third-order valence-corrected chi connectivity index (χ3v) is 4.38. The molecular formula is C14H16ClN3S. The van der Waals surface area contributed by atoms with Gasteiger partial charge in [-0.25, -0.2) is 9.97 Å². The van der Waals surface area contributed by atoms with Crippen LogP contribution in [0.5, 0.6) is 0 Å². The molecule has 0 aliphatic heterocycles. The SMILES string of the molecule is Cc1cnc(SC(c2ccccc2Cl)C(C)N)nc1. The summed E-state index contributed by atoms with van der Waals surface area (Å²) in [5.41, 5.74) is 8.14. The number of nitrogens with zero attached hydrogens (tertiary/aromatic N) is 2. The lowest BCUT2D eigenvalue weighted by atomic mass is 10.1. The van der Waals surface area contributed by atoms with Crippen LogP contribution in [0.25, 0.3) is 0 Å². The van der Waals surface area contributed by atoms with Crippen LogP contribution in [0.15, 0.2) is 41.8 Å². The average molecular weight is 294 g/mol. The van der Waals surface area contributed by atoms with Gasteiger partial charge in [0.25, 0.3) is 0 Å². The number of benzene rings is 1. The normalized spacial score (nSPS) is 14.1. The van der Waals surface area contributed by atoms with Gasteiger partial charge in [-0.2, -0.15) is 0 Å². The number of rotatable bonds is 4. The molecule has 0 radical (unpaired) electrons. The summed E-state index contributed by atoms with van der Waals surface area (Å²) < 4.78 is 0. The Hall–Kier alpha value is -1.10. The fourth-order valence-electron chi connectivity index (χ4n) is 1.72. The lowest BCUT2D eigenvalue weighted by Crippen LogP contribution is -2.23. The molecule has 0 saturated heterocycles. The third-order valence-electron chi connectivity index (χ3n) is 2.68. The number of thioether (sulfide) groups is 1. The summed E-state index contributed by atoms with van der Waals surface area (Å²) in [4.78, 5) is 8.62. The molecule has 1 aromatic heterocycles. The highest BCUT2D eigenvalue weighted by atomic mass is 35.5. The van der Waals surface area contributed by atoms with Crippen molar-refractivity contribution in [3.63, 3.8) is 0 Å². The lowest BCUT2D eigenvalue weighted by molar-refractivity contribution is 0.718. The second-order valence-corrected chi connectivity index (χ2v) is 5.98. The number of hydrogen-bond acceptors (Lipinski definition) is 4. The third kappa shape index (κ3) is 3.69. The second kappa shape index (κ2) is 6.37. The molecule has 2 atom stereocenters. The first kappa shape index (κ1) is 14.3. The number of aryl methyl sites for hydroxylation is 1. The van der Waals surface area contributed by atoms with E-state index < -0.39 is 0 Å². The van der Waals surface area contributed by atoms with E-state index in [-0.39, 0.29) is 11.3 Å². The molecule has 2 N–H and O–H groups in total. The van der Waals surface area contributed by atoms with E-state index in [2.05, 4.69) is 9.97 Å². The maximum atomic E-state index is 6.24. The van der Waals surface area contributed by atoms with Crippen molar-refractivity contribution in [2.45, 2.75) is 30.3 Å². The maximum absolute atomic E-state index is 6.24. The van der Waals surface area contributed by atoms with Crippen molar-refractivity contribution in [1.29, 1.82) is 0 Å². The van der Waals surface area contributed by atoms with Crippen molar-refractivity contribution in [1.82, 2.24) is 9.97 Å². The average Bonchev–Trinajstić information content (AvgIpc) is 2.39. The fraction of sp³-hybridized carbons (Fsp3) is 0.286. The highest BCUT2D eigenvalue weighted by molar-refractivity contribution is 7.99. The molecule has 19 heavy (non-hydrogen) atoms. The van der Waals surface area contributed by atoms with Crippen LogP contribution < -0.4 is 5.73 Å². The zero-order valence-corrected chi connectivity index (χ0v) is 12.4. The Morgan fingerprint density at radius 2 is 1.84 bits per heavy atom. The predicted molar refractivity (Wildman–Crippen MR) is 80.5 cm³/mol. The Morgan fingerprint density at radius 1 is 1.21 bits per heavy atom. The van der Waals surface area contributed by atoms with Gasteiger partial charge >= 0.3 is 0 Å². The lowest BCUT2D eigenvalue weighted by Gasteiger charge is -2.20. The minimum absolute atomic E-state index is 0.0383. The number of aromatic nitrogens is 2. The van der Waals surface area contributed by atoms with Gasteiger partial charge in [0, 0.05) is 23.5 Å². The molecule has 0 amide bonds. The summed E-state index contributed by atoms with van der Waals surface area (Å²) in [5.74, 6) is 0. The van der Waals surface area contributed by atoms with Crippen molar-refractivity contribution in [3.05, 3.63) is 52.8 Å². The molecule has 2 rings (SSSR count). The summed E-state index contributed by atoms with van der Waals surface area (Å²) in [5, 5.41) is 1.48. The van der Waals surface area contributed by atoms with Gasteiger partial charge in [0.15, 0.2) is 5.16 Å². The van der Waals surface area contributed by atoms with Crippen LogP contribution in [0, 0.1) is 6.92 Å². The van der Waals surface area contributed by atoms with Crippen LogP contribution in [0.4, 0.5) is 0 Å². The Labute approximate surface area is 122 Å². The van der Waals surface area contributed by atoms with Crippen LogP contribution in [0.3, 0.4) is 0 Å². The topological polar surface area (TPSA) is 51.8 Å². The Kier molecular flexibility index (Phi) is 4.80. The highest BCUT2D eigenvalue weighted by Gasteiger charge is 2.21. The standard InChI is InChI=1S/C14H16ClN3S/c1-9-7-17-14(18-8-9)19-13(10(2)16)11-5-3-4-6-12(11)15/h3-8,10,13H,16H2,1-2H3. The molecule has 0 saturated carbocycles. The molecule has 0 aliphatic rings. The van der Waals surface area contributed by atoms with E-state index >= 15 is 0 Å². The highest BCUT2D eigenvalue weighted by Crippen LogP contribution is 2.38.